The summed E-state index contributed by atoms with van der Waals surface area (Å²) >= 11 is 0. The van der Waals surface area contributed by atoms with Gasteiger partial charge in [0.1, 0.15) is 5.54 Å². The highest BCUT2D eigenvalue weighted by Gasteiger charge is 2.35. The van der Waals surface area contributed by atoms with Gasteiger partial charge in [0, 0.05) is 18.5 Å². The van der Waals surface area contributed by atoms with E-state index in [0.29, 0.717) is 0 Å². The van der Waals surface area contributed by atoms with Gasteiger partial charge in [-0.3, -0.25) is 9.69 Å². The topological polar surface area (TPSA) is 49.8 Å². The molecule has 1 fully saturated rings. The van der Waals surface area contributed by atoms with Gasteiger partial charge in [0.15, 0.2) is 0 Å². The first-order valence-corrected chi connectivity index (χ1v) is 3.26. The lowest BCUT2D eigenvalue weighted by atomic mass is 10.0. The number of hydrogen-bond acceptors (Lipinski definition) is 3. The third-order valence-corrected chi connectivity index (χ3v) is 1.50. The average molecular weight is 181 g/mol. The fourth-order valence-electron chi connectivity index (χ4n) is 0.566. The molecule has 0 aliphatic carbocycles. The van der Waals surface area contributed by atoms with E-state index in [0.717, 1.165) is 13.8 Å². The van der Waals surface area contributed by atoms with Gasteiger partial charge in [-0.15, -0.1) is 0 Å². The number of nitrogens with zero attached hydrogens (tertiary/aromatic N) is 1. The number of rotatable bonds is 2. The molecule has 0 aromatic carbocycles. The zero-order chi connectivity index (χ0) is 16.4. The molecule has 1 rings (SSSR count). The maximum atomic E-state index is 11.3. The Hall–Kier alpha value is -0.610. The first kappa shape index (κ1) is 3.27. The van der Waals surface area contributed by atoms with Crippen LogP contribution in [0.25, 0.3) is 0 Å². The van der Waals surface area contributed by atoms with E-state index in [9.17, 15) is 4.79 Å². The van der Waals surface area contributed by atoms with Crippen molar-refractivity contribution in [3.8, 4) is 0 Å². The van der Waals surface area contributed by atoms with Crippen molar-refractivity contribution >= 4 is 5.97 Å². The van der Waals surface area contributed by atoms with Gasteiger partial charge in [-0.05, 0) is 13.8 Å². The molecule has 0 unspecified atom stereocenters. The molecule has 0 aromatic rings. The molecule has 0 spiro atoms. The highest BCUT2D eigenvalue weighted by molar-refractivity contribution is 5.77. The van der Waals surface area contributed by atoms with Crippen LogP contribution in [0.1, 0.15) is 24.8 Å². The second kappa shape index (κ2) is 3.41. The molecule has 1 N–H and O–H groups in total. The largest absolute Gasteiger partial charge is 0.480 e. The van der Waals surface area contributed by atoms with E-state index in [1.807, 2.05) is 0 Å². The van der Waals surface area contributed by atoms with E-state index in [2.05, 4.69) is 4.74 Å². The highest BCUT2D eigenvalue weighted by Crippen LogP contribution is 2.15. The number of ether oxygens (including phenoxy) is 1. The summed E-state index contributed by atoms with van der Waals surface area (Å²) in [5.74, 6) is -1.63. The molecule has 0 bridgehead atoms. The lowest BCUT2D eigenvalue weighted by molar-refractivity contribution is -0.152. The van der Waals surface area contributed by atoms with Crippen molar-refractivity contribution in [3.05, 3.63) is 0 Å². The molecule has 1 aliphatic heterocycles. The minimum Gasteiger partial charge on any atom is -0.480 e. The van der Waals surface area contributed by atoms with Gasteiger partial charge in [0.2, 0.25) is 0 Å². The van der Waals surface area contributed by atoms with Gasteiger partial charge in [0.25, 0.3) is 0 Å². The summed E-state index contributed by atoms with van der Waals surface area (Å²) in [5.41, 5.74) is -2.21. The third-order valence-electron chi connectivity index (χ3n) is 1.50. The van der Waals surface area contributed by atoms with E-state index in [1.165, 1.54) is 0 Å². The lowest BCUT2D eigenvalue weighted by Gasteiger charge is -2.37. The first-order valence-electron chi connectivity index (χ1n) is 7.26. The van der Waals surface area contributed by atoms with Crippen molar-refractivity contribution in [2.75, 3.05) is 26.1 Å². The van der Waals surface area contributed by atoms with E-state index < -0.39 is 37.6 Å². The Bertz CT molecular complexity index is 409. The van der Waals surface area contributed by atoms with Gasteiger partial charge in [-0.2, -0.15) is 0 Å². The van der Waals surface area contributed by atoms with Crippen LogP contribution >= 0.6 is 0 Å². The van der Waals surface area contributed by atoms with Gasteiger partial charge in [-0.25, -0.2) is 0 Å². The van der Waals surface area contributed by atoms with Crippen molar-refractivity contribution in [1.29, 1.82) is 0 Å². The van der Waals surface area contributed by atoms with Gasteiger partial charge in [0.05, 0.1) is 18.6 Å². The fraction of sp³-hybridized carbons (Fsp3) is 0.875. The van der Waals surface area contributed by atoms with Crippen LogP contribution in [0.4, 0.5) is 0 Å². The van der Waals surface area contributed by atoms with Crippen LogP contribution in [-0.2, 0) is 9.53 Å². The van der Waals surface area contributed by atoms with E-state index in [1.54, 1.807) is 0 Å². The molecule has 0 atom stereocenters. The molecule has 12 heavy (non-hydrogen) atoms. The third kappa shape index (κ3) is 1.76. The minimum atomic E-state index is -3.24. The van der Waals surface area contributed by atoms with Crippen LogP contribution < -0.4 is 0 Å². The molecule has 1 saturated heterocycles. The first-order chi connectivity index (χ1) is 8.52. The van der Waals surface area contributed by atoms with E-state index in [4.69, 9.17) is 16.1 Å². The monoisotopic (exact) mass is 181 g/mol. The molecule has 0 amide bonds. The van der Waals surface area contributed by atoms with Crippen molar-refractivity contribution < 1.29 is 25.6 Å². The number of carboxylic acid groups (broad SMARTS) is 1. The summed E-state index contributed by atoms with van der Waals surface area (Å²) in [6, 6.07) is 0. The normalized spacial score (nSPS) is 47.5. The quantitative estimate of drug-likeness (QED) is 0.660. The zero-order valence-corrected chi connectivity index (χ0v) is 6.71. The Morgan fingerprint density at radius 1 is 1.58 bits per heavy atom. The van der Waals surface area contributed by atoms with Crippen LogP contribution in [0.2, 0.25) is 0 Å². The number of carboxylic acids is 1. The average Bonchev–Trinajstić information content (AvgIpc) is 2.11. The number of morpholine rings is 1. The zero-order valence-electron chi connectivity index (χ0n) is 14.7. The Labute approximate surface area is 83.4 Å². The SMILES string of the molecule is [2H]C1([2H])OC([2H])([2H])C([2H])([2H])N(C(C)(C)C(=O)O)C1([2H])[2H]. The smallest absolute Gasteiger partial charge is 0.323 e. The van der Waals surface area contributed by atoms with Crippen molar-refractivity contribution in [1.82, 2.24) is 4.90 Å². The molecule has 1 heterocycles. The van der Waals surface area contributed by atoms with Gasteiger partial charge in [-0.1, -0.05) is 0 Å². The van der Waals surface area contributed by atoms with Gasteiger partial charge >= 0.3 is 5.97 Å². The Kier molecular flexibility index (Phi) is 0.929. The van der Waals surface area contributed by atoms with Crippen molar-refractivity contribution in [2.24, 2.45) is 0 Å². The predicted molar refractivity (Wildman–Crippen MR) is 44.1 cm³/mol. The Morgan fingerprint density at radius 2 is 2.08 bits per heavy atom. The standard InChI is InChI=1S/C8H15NO3/c1-8(2,7(10)11)9-3-5-12-6-4-9/h3-6H2,1-2H3,(H,10,11)/i3D2,4D2,5D2,6D2. The number of aliphatic carboxylic acids is 1. The van der Waals surface area contributed by atoms with Crippen LogP contribution in [0, 0.1) is 0 Å². The lowest BCUT2D eigenvalue weighted by Crippen LogP contribution is -2.54. The molecule has 0 aromatic heterocycles. The summed E-state index contributed by atoms with van der Waals surface area (Å²) in [6.45, 7) is -11.0. The maximum absolute atomic E-state index is 11.3. The molecule has 0 radical (unpaired) electrons. The molecule has 4 nitrogen and oxygen atoms in total. The maximum Gasteiger partial charge on any atom is 0.323 e. The molecule has 0 saturated carbocycles. The van der Waals surface area contributed by atoms with E-state index >= 15 is 0 Å². The second-order valence-electron chi connectivity index (χ2n) is 2.73. The summed E-state index contributed by atoms with van der Waals surface area (Å²) in [4.78, 5) is 11.3. The van der Waals surface area contributed by atoms with Gasteiger partial charge < -0.3 is 9.84 Å². The summed E-state index contributed by atoms with van der Waals surface area (Å²) in [6.07, 6.45) is 0. The van der Waals surface area contributed by atoms with Crippen molar-refractivity contribution in [3.63, 3.8) is 0 Å². The number of carbonyl (C=O) groups is 1. The molecule has 1 aliphatic rings. The van der Waals surface area contributed by atoms with Crippen molar-refractivity contribution in [2.45, 2.75) is 19.4 Å². The van der Waals surface area contributed by atoms with Crippen LogP contribution in [0.15, 0.2) is 0 Å². The fourth-order valence-corrected chi connectivity index (χ4v) is 0.566. The molecular weight excluding hydrogens is 158 g/mol. The second-order valence-corrected chi connectivity index (χ2v) is 2.73. The Balaban J connectivity index is 3.60. The Morgan fingerprint density at radius 3 is 2.50 bits per heavy atom. The molecular formula is C8H15NO3. The number of hydrogen-bond donors (Lipinski definition) is 1. The molecule has 70 valence electrons. The van der Waals surface area contributed by atoms with E-state index in [-0.39, 0.29) is 4.90 Å². The predicted octanol–water partition coefficient (Wildman–Crippen LogP) is 0.182. The van der Waals surface area contributed by atoms with Crippen LogP contribution in [-0.4, -0.2) is 47.6 Å². The van der Waals surface area contributed by atoms with Crippen LogP contribution in [0.3, 0.4) is 0 Å². The molecule has 4 heteroatoms. The minimum absolute atomic E-state index is 0.0266. The summed E-state index contributed by atoms with van der Waals surface area (Å²) in [5, 5.41) is 9.14. The van der Waals surface area contributed by atoms with Crippen LogP contribution in [0.5, 0.6) is 0 Å². The summed E-state index contributed by atoms with van der Waals surface area (Å²) in [7, 11) is 0. The summed E-state index contributed by atoms with van der Waals surface area (Å²) < 4.78 is 64.8. The highest BCUT2D eigenvalue weighted by atomic mass is 16.5.